The number of rotatable bonds is 5. The van der Waals surface area contributed by atoms with Gasteiger partial charge in [-0.15, -0.1) is 0 Å². The Morgan fingerprint density at radius 2 is 2.07 bits per heavy atom. The second kappa shape index (κ2) is 7.41. The first-order valence-corrected chi connectivity index (χ1v) is 8.91. The molecule has 138 valence electrons. The molecule has 0 spiro atoms. The lowest BCUT2D eigenvalue weighted by molar-refractivity contribution is 0.100. The molecule has 7 heteroatoms. The molecule has 1 heterocycles. The predicted molar refractivity (Wildman–Crippen MR) is 110 cm³/mol. The van der Waals surface area contributed by atoms with Crippen LogP contribution in [-0.2, 0) is 12.0 Å². The number of benzene rings is 2. The molecule has 0 bridgehead atoms. The van der Waals surface area contributed by atoms with Crippen molar-refractivity contribution in [2.45, 2.75) is 18.9 Å². The lowest BCUT2D eigenvalue weighted by Crippen LogP contribution is -2.21. The number of fused-ring (bicyclic) bond motifs is 1. The number of hydrogen-bond acceptors (Lipinski definition) is 2. The van der Waals surface area contributed by atoms with Gasteiger partial charge in [-0.3, -0.25) is 4.79 Å². The minimum atomic E-state index is -1.62. The number of hydrogen-bond donors (Lipinski definition) is 2. The van der Waals surface area contributed by atoms with Gasteiger partial charge < -0.3 is 15.7 Å². The number of amides is 1. The van der Waals surface area contributed by atoms with E-state index < -0.39 is 11.3 Å². The summed E-state index contributed by atoms with van der Waals surface area (Å²) in [6, 6.07) is 13.8. The molecule has 2 unspecified atom stereocenters. The zero-order valence-electron chi connectivity index (χ0n) is 14.8. The highest BCUT2D eigenvalue weighted by atomic mass is 31.0. The fraction of sp³-hybridized carbons (Fsp3) is 0.150. The van der Waals surface area contributed by atoms with Gasteiger partial charge in [0, 0.05) is 34.4 Å². The highest BCUT2D eigenvalue weighted by Crippen LogP contribution is 2.32. The van der Waals surface area contributed by atoms with Gasteiger partial charge in [-0.25, -0.2) is 4.39 Å². The molecule has 0 aliphatic carbocycles. The van der Waals surface area contributed by atoms with Gasteiger partial charge in [-0.05, 0) is 36.8 Å². The smallest absolute Gasteiger partial charge is 0.278 e. The van der Waals surface area contributed by atoms with Gasteiger partial charge in [0.15, 0.2) is 0 Å². The Bertz CT molecular complexity index is 1050. The first-order chi connectivity index (χ1) is 12.8. The van der Waals surface area contributed by atoms with E-state index >= 15 is 0 Å². The second-order valence-electron chi connectivity index (χ2n) is 6.43. The summed E-state index contributed by atoms with van der Waals surface area (Å²) in [5.41, 5.74) is 8.34. The van der Waals surface area contributed by atoms with Gasteiger partial charge in [-0.2, -0.15) is 4.99 Å². The van der Waals surface area contributed by atoms with Gasteiger partial charge in [0.25, 0.3) is 5.91 Å². The molecule has 27 heavy (non-hydrogen) atoms. The summed E-state index contributed by atoms with van der Waals surface area (Å²) in [6.07, 6.45) is 3.14. The zero-order valence-corrected chi connectivity index (χ0v) is 16.0. The zero-order chi connectivity index (χ0) is 19.6. The monoisotopic (exact) mass is 382 g/mol. The minimum absolute atomic E-state index is 0.150. The van der Waals surface area contributed by atoms with Crippen LogP contribution in [0, 0.1) is 5.41 Å². The molecule has 2 atom stereocenters. The summed E-state index contributed by atoms with van der Waals surface area (Å²) in [5, 5.41) is 6.78. The quantitative estimate of drug-likeness (QED) is 0.399. The highest BCUT2D eigenvalue weighted by Gasteiger charge is 2.20. The summed E-state index contributed by atoms with van der Waals surface area (Å²) in [6.45, 7) is 1.64. The van der Waals surface area contributed by atoms with Gasteiger partial charge >= 0.3 is 0 Å². The van der Waals surface area contributed by atoms with E-state index in [1.54, 1.807) is 18.2 Å². The fourth-order valence-electron chi connectivity index (χ4n) is 2.87. The summed E-state index contributed by atoms with van der Waals surface area (Å²) >= 11 is 0. The molecule has 3 aromatic rings. The van der Waals surface area contributed by atoms with Crippen LogP contribution in [0.3, 0.4) is 0 Å². The van der Waals surface area contributed by atoms with Crippen LogP contribution >= 0.6 is 9.24 Å². The number of aromatic nitrogens is 1. The van der Waals surface area contributed by atoms with E-state index in [0.717, 1.165) is 16.5 Å². The molecule has 0 saturated carbocycles. The number of nitrogens with one attached hydrogen (secondary N) is 1. The standard InChI is InChI=1S/C20H20FN4OP/c1-20(21,27)15-6-2-4-13(10-15)19(26)24-18(23)12-25-9-8-16-14(11-22)5-3-7-17(16)25/h2-11,22H,12,27H2,1H3,(H2,23,24,26). The number of amidine groups is 1. The van der Waals surface area contributed by atoms with E-state index in [0.29, 0.717) is 5.56 Å². The van der Waals surface area contributed by atoms with E-state index in [-0.39, 0.29) is 17.9 Å². The van der Waals surface area contributed by atoms with E-state index in [1.165, 1.54) is 19.2 Å². The van der Waals surface area contributed by atoms with Gasteiger partial charge in [0.2, 0.25) is 0 Å². The molecular weight excluding hydrogens is 362 g/mol. The summed E-state index contributed by atoms with van der Waals surface area (Å²) in [7, 11) is 2.10. The number of carbonyl (C=O) groups is 1. The van der Waals surface area contributed by atoms with Crippen LogP contribution < -0.4 is 5.73 Å². The van der Waals surface area contributed by atoms with Crippen LogP contribution in [0.4, 0.5) is 4.39 Å². The molecule has 5 nitrogen and oxygen atoms in total. The maximum absolute atomic E-state index is 14.1. The molecule has 3 N–H and O–H groups in total. The predicted octanol–water partition coefficient (Wildman–Crippen LogP) is 3.85. The molecule has 0 radical (unpaired) electrons. The number of aliphatic imine (C=N–C) groups is 1. The Kier molecular flexibility index (Phi) is 5.19. The molecule has 1 aromatic heterocycles. The molecule has 3 rings (SSSR count). The van der Waals surface area contributed by atoms with E-state index in [2.05, 4.69) is 14.2 Å². The van der Waals surface area contributed by atoms with Crippen LogP contribution in [0.15, 0.2) is 59.7 Å². The van der Waals surface area contributed by atoms with Crippen LogP contribution in [0.5, 0.6) is 0 Å². The topological polar surface area (TPSA) is 84.2 Å². The third-order valence-corrected chi connectivity index (χ3v) is 4.59. The summed E-state index contributed by atoms with van der Waals surface area (Å²) in [4.78, 5) is 16.3. The second-order valence-corrected chi connectivity index (χ2v) is 7.52. The first-order valence-electron chi connectivity index (χ1n) is 8.33. The number of halogens is 1. The largest absolute Gasteiger partial charge is 0.386 e. The summed E-state index contributed by atoms with van der Waals surface area (Å²) < 4.78 is 15.9. The van der Waals surface area contributed by atoms with E-state index in [9.17, 15) is 9.18 Å². The van der Waals surface area contributed by atoms with Crippen LogP contribution in [-0.4, -0.2) is 22.5 Å². The van der Waals surface area contributed by atoms with Crippen molar-refractivity contribution >= 4 is 38.1 Å². The van der Waals surface area contributed by atoms with Crippen molar-refractivity contribution in [3.05, 3.63) is 71.4 Å². The number of nitrogens with two attached hydrogens (primary N) is 1. The molecule has 1 amide bonds. The average Bonchev–Trinajstić information content (AvgIpc) is 3.04. The lowest BCUT2D eigenvalue weighted by Gasteiger charge is -2.14. The third kappa shape index (κ3) is 4.12. The lowest BCUT2D eigenvalue weighted by atomic mass is 10.1. The van der Waals surface area contributed by atoms with Crippen molar-refractivity contribution in [1.29, 1.82) is 5.41 Å². The van der Waals surface area contributed by atoms with Crippen molar-refractivity contribution in [2.75, 3.05) is 0 Å². The van der Waals surface area contributed by atoms with E-state index in [1.807, 2.05) is 35.0 Å². The highest BCUT2D eigenvalue weighted by molar-refractivity contribution is 7.18. The number of carbonyl (C=O) groups excluding carboxylic acids is 1. The van der Waals surface area contributed by atoms with Gasteiger partial charge in [0.05, 0.1) is 6.54 Å². The Hall–Kier alpha value is -2.85. The van der Waals surface area contributed by atoms with Crippen molar-refractivity contribution in [3.8, 4) is 0 Å². The van der Waals surface area contributed by atoms with Crippen LogP contribution in [0.1, 0.15) is 28.4 Å². The Labute approximate surface area is 158 Å². The third-order valence-electron chi connectivity index (χ3n) is 4.25. The number of nitrogens with zero attached hydrogens (tertiary/aromatic N) is 2. The van der Waals surface area contributed by atoms with Crippen molar-refractivity contribution in [2.24, 2.45) is 10.7 Å². The molecule has 0 fully saturated rings. The summed E-state index contributed by atoms with van der Waals surface area (Å²) in [5.74, 6) is -0.364. The van der Waals surface area contributed by atoms with Crippen LogP contribution in [0.2, 0.25) is 0 Å². The van der Waals surface area contributed by atoms with Crippen LogP contribution in [0.25, 0.3) is 10.9 Å². The molecule has 0 saturated heterocycles. The Morgan fingerprint density at radius 1 is 1.33 bits per heavy atom. The van der Waals surface area contributed by atoms with Crippen molar-refractivity contribution in [1.82, 2.24) is 4.57 Å². The van der Waals surface area contributed by atoms with E-state index in [4.69, 9.17) is 11.1 Å². The Morgan fingerprint density at radius 3 is 2.78 bits per heavy atom. The SMILES string of the molecule is CC(F)(P)c1cccc(C(=O)N=C(N)Cn2ccc3c(C=N)cccc32)c1. The minimum Gasteiger partial charge on any atom is -0.386 e. The normalized spacial score (nSPS) is 14.1. The Balaban J connectivity index is 1.84. The average molecular weight is 382 g/mol. The number of alkyl halides is 1. The molecule has 2 aromatic carbocycles. The maximum atomic E-state index is 14.1. The van der Waals surface area contributed by atoms with Gasteiger partial charge in [0.1, 0.15) is 11.2 Å². The van der Waals surface area contributed by atoms with Gasteiger partial charge in [-0.1, -0.05) is 33.5 Å². The molecular formula is C20H20FN4OP. The maximum Gasteiger partial charge on any atom is 0.278 e. The van der Waals surface area contributed by atoms with Crippen molar-refractivity contribution < 1.29 is 9.18 Å². The first kappa shape index (κ1) is 18.9. The fourth-order valence-corrected chi connectivity index (χ4v) is 3.05. The molecule has 0 aliphatic heterocycles. The molecule has 0 aliphatic rings. The van der Waals surface area contributed by atoms with Crippen molar-refractivity contribution in [3.63, 3.8) is 0 Å².